The monoisotopic (exact) mass is 406 g/mol. The summed E-state index contributed by atoms with van der Waals surface area (Å²) in [6.07, 6.45) is 3.05. The van der Waals surface area contributed by atoms with Gasteiger partial charge in [0.15, 0.2) is 9.84 Å². The van der Waals surface area contributed by atoms with Gasteiger partial charge in [-0.25, -0.2) is 8.42 Å². The molecule has 7 heteroatoms. The van der Waals surface area contributed by atoms with E-state index in [4.69, 9.17) is 0 Å². The molecule has 1 aromatic carbocycles. The molecular formula is C20H29F3O3S. The van der Waals surface area contributed by atoms with Gasteiger partial charge in [0.2, 0.25) is 0 Å². The van der Waals surface area contributed by atoms with Crippen LogP contribution in [0.2, 0.25) is 0 Å². The number of alkyl halides is 3. The fraction of sp³-hybridized carbons (Fsp3) is 0.650. The van der Waals surface area contributed by atoms with Crippen LogP contribution in [0.25, 0.3) is 0 Å². The quantitative estimate of drug-likeness (QED) is 0.384. The molecule has 3 nitrogen and oxygen atoms in total. The standard InChI is InChI=1S/C20H29F3O3S/c1-2-3-4-5-6-7-8-9-13-16-18(19(24)20(21,22)23)27(25,26)17-14-11-10-12-15-17/h10-12,14-15,18H,2-9,13,16H2,1H3. The molecule has 1 atom stereocenters. The predicted molar refractivity (Wildman–Crippen MR) is 100 cm³/mol. The zero-order chi connectivity index (χ0) is 20.3. The number of rotatable bonds is 13. The predicted octanol–water partition coefficient (Wildman–Crippen LogP) is 5.88. The number of sulfone groups is 1. The Morgan fingerprint density at radius 1 is 0.889 bits per heavy atom. The van der Waals surface area contributed by atoms with E-state index in [2.05, 4.69) is 6.92 Å². The molecule has 1 unspecified atom stereocenters. The number of hydrogen-bond acceptors (Lipinski definition) is 3. The van der Waals surface area contributed by atoms with Gasteiger partial charge >= 0.3 is 6.18 Å². The van der Waals surface area contributed by atoms with E-state index in [-0.39, 0.29) is 17.7 Å². The maximum Gasteiger partial charge on any atom is 0.451 e. The summed E-state index contributed by atoms with van der Waals surface area (Å²) in [5.74, 6) is -2.18. The molecule has 0 aliphatic heterocycles. The highest BCUT2D eigenvalue weighted by atomic mass is 32.2. The fourth-order valence-electron chi connectivity index (χ4n) is 3.02. The van der Waals surface area contributed by atoms with Crippen LogP contribution >= 0.6 is 0 Å². The van der Waals surface area contributed by atoms with E-state index < -0.39 is 27.0 Å². The normalized spacial score (nSPS) is 13.5. The molecule has 1 rings (SSSR count). The number of ketones is 1. The molecule has 0 aliphatic rings. The van der Waals surface area contributed by atoms with Crippen LogP contribution < -0.4 is 0 Å². The molecule has 0 N–H and O–H groups in total. The molecule has 0 spiro atoms. The summed E-state index contributed by atoms with van der Waals surface area (Å²) >= 11 is 0. The topological polar surface area (TPSA) is 51.2 Å². The molecule has 0 aromatic heterocycles. The first-order valence-electron chi connectivity index (χ1n) is 9.61. The van der Waals surface area contributed by atoms with Crippen molar-refractivity contribution in [3.05, 3.63) is 30.3 Å². The molecule has 0 saturated heterocycles. The van der Waals surface area contributed by atoms with Crippen molar-refractivity contribution in [1.82, 2.24) is 0 Å². The zero-order valence-electron chi connectivity index (χ0n) is 15.8. The Balaban J connectivity index is 2.63. The Morgan fingerprint density at radius 3 is 1.85 bits per heavy atom. The van der Waals surface area contributed by atoms with Crippen LogP contribution in [0.5, 0.6) is 0 Å². The van der Waals surface area contributed by atoms with Gasteiger partial charge in [-0.1, -0.05) is 82.9 Å². The van der Waals surface area contributed by atoms with Gasteiger partial charge in [-0.2, -0.15) is 13.2 Å². The molecule has 0 radical (unpaired) electrons. The molecule has 0 fully saturated rings. The second-order valence-corrected chi connectivity index (χ2v) is 8.96. The molecule has 0 heterocycles. The van der Waals surface area contributed by atoms with Crippen molar-refractivity contribution in [2.24, 2.45) is 0 Å². The summed E-state index contributed by atoms with van der Waals surface area (Å²) in [4.78, 5) is 11.5. The maximum atomic E-state index is 12.9. The molecule has 0 aliphatic carbocycles. The largest absolute Gasteiger partial charge is 0.451 e. The third-order valence-electron chi connectivity index (χ3n) is 4.59. The van der Waals surface area contributed by atoms with Gasteiger partial charge in [-0.05, 0) is 18.6 Å². The summed E-state index contributed by atoms with van der Waals surface area (Å²) in [7, 11) is -4.36. The van der Waals surface area contributed by atoms with Crippen molar-refractivity contribution >= 4 is 15.6 Å². The number of benzene rings is 1. The lowest BCUT2D eigenvalue weighted by Gasteiger charge is -2.18. The van der Waals surface area contributed by atoms with Crippen molar-refractivity contribution in [3.8, 4) is 0 Å². The van der Waals surface area contributed by atoms with Gasteiger partial charge in [0.25, 0.3) is 5.78 Å². The number of unbranched alkanes of at least 4 members (excludes halogenated alkanes) is 8. The molecule has 27 heavy (non-hydrogen) atoms. The SMILES string of the molecule is CCCCCCCCCCCC(C(=O)C(F)(F)F)S(=O)(=O)c1ccccc1. The van der Waals surface area contributed by atoms with Crippen molar-refractivity contribution in [2.75, 3.05) is 0 Å². The van der Waals surface area contributed by atoms with Crippen LogP contribution in [0.1, 0.15) is 71.1 Å². The van der Waals surface area contributed by atoms with Gasteiger partial charge in [0.05, 0.1) is 4.90 Å². The van der Waals surface area contributed by atoms with E-state index in [1.54, 1.807) is 6.07 Å². The summed E-state index contributed by atoms with van der Waals surface area (Å²) in [6, 6.07) is 6.88. The van der Waals surface area contributed by atoms with Gasteiger partial charge in [0, 0.05) is 0 Å². The smallest absolute Gasteiger partial charge is 0.288 e. The summed E-state index contributed by atoms with van der Waals surface area (Å²) in [6.45, 7) is 2.14. The first-order chi connectivity index (χ1) is 12.7. The van der Waals surface area contributed by atoms with Crippen molar-refractivity contribution in [1.29, 1.82) is 0 Å². The molecule has 0 bridgehead atoms. The Hall–Kier alpha value is -1.37. The first kappa shape index (κ1) is 23.7. The minimum atomic E-state index is -5.16. The maximum absolute atomic E-state index is 12.9. The average Bonchev–Trinajstić information content (AvgIpc) is 2.62. The number of Topliss-reactive ketones (excluding diaryl/α,β-unsaturated/α-hetero) is 1. The highest BCUT2D eigenvalue weighted by Gasteiger charge is 2.48. The molecule has 0 saturated carbocycles. The van der Waals surface area contributed by atoms with Gasteiger partial charge in [-0.3, -0.25) is 4.79 Å². The van der Waals surface area contributed by atoms with Crippen LogP contribution in [0, 0.1) is 0 Å². The number of carbonyl (C=O) groups excluding carboxylic acids is 1. The van der Waals surface area contributed by atoms with Crippen molar-refractivity contribution < 1.29 is 26.4 Å². The van der Waals surface area contributed by atoms with E-state index in [1.165, 1.54) is 43.5 Å². The molecule has 154 valence electrons. The number of carbonyl (C=O) groups is 1. The lowest BCUT2D eigenvalue weighted by Crippen LogP contribution is -2.39. The minimum absolute atomic E-state index is 0.247. The van der Waals surface area contributed by atoms with E-state index in [9.17, 15) is 26.4 Å². The molecule has 0 amide bonds. The van der Waals surface area contributed by atoms with Crippen molar-refractivity contribution in [3.63, 3.8) is 0 Å². The van der Waals surface area contributed by atoms with Crippen molar-refractivity contribution in [2.45, 2.75) is 87.5 Å². The average molecular weight is 407 g/mol. The van der Waals surface area contributed by atoms with Crippen LogP contribution in [-0.4, -0.2) is 25.6 Å². The van der Waals surface area contributed by atoms with E-state index >= 15 is 0 Å². The Kier molecular flexibility index (Phi) is 10.1. The summed E-state index contributed by atoms with van der Waals surface area (Å²) in [5, 5.41) is -2.07. The van der Waals surface area contributed by atoms with E-state index in [0.29, 0.717) is 6.42 Å². The second-order valence-electron chi connectivity index (χ2n) is 6.83. The van der Waals surface area contributed by atoms with Crippen LogP contribution in [0.3, 0.4) is 0 Å². The van der Waals surface area contributed by atoms with Crippen LogP contribution in [0.4, 0.5) is 13.2 Å². The number of hydrogen-bond donors (Lipinski definition) is 0. The van der Waals surface area contributed by atoms with Gasteiger partial charge in [0.1, 0.15) is 5.25 Å². The third-order valence-corrected chi connectivity index (χ3v) is 6.72. The summed E-state index contributed by atoms with van der Waals surface area (Å²) in [5.41, 5.74) is 0. The lowest BCUT2D eigenvalue weighted by atomic mass is 10.0. The van der Waals surface area contributed by atoms with Gasteiger partial charge < -0.3 is 0 Å². The summed E-state index contributed by atoms with van der Waals surface area (Å²) < 4.78 is 63.9. The van der Waals surface area contributed by atoms with Crippen LogP contribution in [-0.2, 0) is 14.6 Å². The Bertz CT molecular complexity index is 655. The van der Waals surface area contributed by atoms with E-state index in [0.717, 1.165) is 25.7 Å². The highest BCUT2D eigenvalue weighted by Crippen LogP contribution is 2.28. The fourth-order valence-corrected chi connectivity index (χ4v) is 4.78. The minimum Gasteiger partial charge on any atom is -0.288 e. The van der Waals surface area contributed by atoms with E-state index in [1.807, 2.05) is 0 Å². The number of halogens is 3. The van der Waals surface area contributed by atoms with Gasteiger partial charge in [-0.15, -0.1) is 0 Å². The molecule has 1 aromatic rings. The highest BCUT2D eigenvalue weighted by molar-refractivity contribution is 7.92. The zero-order valence-corrected chi connectivity index (χ0v) is 16.6. The lowest BCUT2D eigenvalue weighted by molar-refractivity contribution is -0.170. The van der Waals surface area contributed by atoms with Crippen LogP contribution in [0.15, 0.2) is 35.2 Å². The Morgan fingerprint density at radius 2 is 1.37 bits per heavy atom. The first-order valence-corrected chi connectivity index (χ1v) is 11.2. The Labute approximate surface area is 160 Å². The third kappa shape index (κ3) is 8.03. The molecular weight excluding hydrogens is 377 g/mol. The second kappa shape index (κ2) is 11.5.